The quantitative estimate of drug-likeness (QED) is 0.139. The van der Waals surface area contributed by atoms with Crippen molar-refractivity contribution in [2.75, 3.05) is 0 Å². The Morgan fingerprint density at radius 3 is 0.870 bits per heavy atom. The Morgan fingerprint density at radius 2 is 0.565 bits per heavy atom. The summed E-state index contributed by atoms with van der Waals surface area (Å²) in [5.74, 6) is 3.86. The molecule has 12 nitrogen and oxygen atoms in total. The van der Waals surface area contributed by atoms with Crippen molar-refractivity contribution in [3.05, 3.63) is 219 Å². The van der Waals surface area contributed by atoms with E-state index in [0.717, 1.165) is 101 Å². The van der Waals surface area contributed by atoms with Crippen molar-refractivity contribution in [2.24, 2.45) is 0 Å². The van der Waals surface area contributed by atoms with Gasteiger partial charge >= 0.3 is 0 Å². The summed E-state index contributed by atoms with van der Waals surface area (Å²) in [7, 11) is 0. The molecule has 69 heavy (non-hydrogen) atoms. The summed E-state index contributed by atoms with van der Waals surface area (Å²) >= 11 is 0. The Morgan fingerprint density at radius 1 is 0.261 bits per heavy atom. The van der Waals surface area contributed by atoms with E-state index < -0.39 is 0 Å². The molecule has 6 aromatic carbocycles. The predicted molar refractivity (Wildman–Crippen MR) is 270 cm³/mol. The minimum absolute atomic E-state index is 0.508. The van der Waals surface area contributed by atoms with Crippen LogP contribution in [0.1, 0.15) is 0 Å². The maximum Gasteiger partial charge on any atom is 0.164 e. The van der Waals surface area contributed by atoms with E-state index in [-0.39, 0.29) is 0 Å². The molecule has 0 saturated carbocycles. The number of aromatic nitrogens is 12. The van der Waals surface area contributed by atoms with Gasteiger partial charge in [-0.15, -0.1) is 0 Å². The molecule has 0 radical (unpaired) electrons. The fraction of sp³-hybridized carbons (Fsp3) is 0. The second-order valence-electron chi connectivity index (χ2n) is 16.5. The first kappa shape index (κ1) is 39.5. The van der Waals surface area contributed by atoms with Crippen LogP contribution in [-0.4, -0.2) is 58.6 Å². The zero-order valence-corrected chi connectivity index (χ0v) is 36.7. The van der Waals surface area contributed by atoms with Gasteiger partial charge in [0.05, 0.1) is 33.1 Å². The molecule has 0 saturated heterocycles. The molecule has 0 fully saturated rings. The molecule has 13 aromatic rings. The number of imidazole rings is 3. The van der Waals surface area contributed by atoms with Gasteiger partial charge in [-0.05, 0) is 109 Å². The van der Waals surface area contributed by atoms with Crippen LogP contribution in [0.25, 0.3) is 118 Å². The Bertz CT molecular complexity index is 3600. The molecule has 0 aliphatic carbocycles. The van der Waals surface area contributed by atoms with Crippen molar-refractivity contribution in [2.45, 2.75) is 0 Å². The fourth-order valence-corrected chi connectivity index (χ4v) is 9.04. The standard InChI is InChI=1S/C57H36N12/c1-4-25-49-46(22-1)61-55(40-16-10-28-58-34-40)67(49)43-19-7-13-37(31-43)52-64-53(38-14-8-20-44(32-38)68-50-26-5-2-23-47(50)62-56(68)41-17-11-29-59-35-41)66-54(65-52)39-15-9-21-45(33-39)69-51-27-6-3-24-48(51)63-57(69)42-18-12-30-60-36-42/h1-36H. The van der Waals surface area contributed by atoms with Crippen molar-refractivity contribution in [3.63, 3.8) is 0 Å². The number of nitrogens with zero attached hydrogens (tertiary/aromatic N) is 12. The van der Waals surface area contributed by atoms with Crippen LogP contribution in [0.15, 0.2) is 219 Å². The number of hydrogen-bond acceptors (Lipinski definition) is 9. The van der Waals surface area contributed by atoms with Crippen molar-refractivity contribution in [1.82, 2.24) is 58.6 Å². The lowest BCUT2D eigenvalue weighted by Gasteiger charge is -2.14. The molecular weight excluding hydrogens is 853 g/mol. The van der Waals surface area contributed by atoms with Gasteiger partial charge in [-0.3, -0.25) is 28.7 Å². The maximum absolute atomic E-state index is 5.28. The van der Waals surface area contributed by atoms with E-state index in [4.69, 9.17) is 29.9 Å². The third-order valence-electron chi connectivity index (χ3n) is 12.2. The van der Waals surface area contributed by atoms with Gasteiger partial charge in [0.1, 0.15) is 17.5 Å². The molecule has 0 aliphatic rings. The highest BCUT2D eigenvalue weighted by Crippen LogP contribution is 2.35. The van der Waals surface area contributed by atoms with E-state index in [1.165, 1.54) is 0 Å². The van der Waals surface area contributed by atoms with Gasteiger partial charge in [-0.1, -0.05) is 72.8 Å². The van der Waals surface area contributed by atoms with E-state index >= 15 is 0 Å². The Balaban J connectivity index is 1.00. The van der Waals surface area contributed by atoms with Gasteiger partial charge in [0.15, 0.2) is 17.5 Å². The summed E-state index contributed by atoms with van der Waals surface area (Å²) in [6, 6.07) is 61.1. The molecule has 0 N–H and O–H groups in total. The molecule has 0 aliphatic heterocycles. The monoisotopic (exact) mass is 888 g/mol. The van der Waals surface area contributed by atoms with Gasteiger partial charge in [0.2, 0.25) is 0 Å². The van der Waals surface area contributed by atoms with Crippen molar-refractivity contribution < 1.29 is 0 Å². The number of hydrogen-bond donors (Lipinski definition) is 0. The highest BCUT2D eigenvalue weighted by atomic mass is 15.1. The van der Waals surface area contributed by atoms with Crippen LogP contribution in [0, 0.1) is 0 Å². The van der Waals surface area contributed by atoms with E-state index in [0.29, 0.717) is 17.5 Å². The lowest BCUT2D eigenvalue weighted by Crippen LogP contribution is -2.03. The summed E-state index contributed by atoms with van der Waals surface area (Å²) in [6.07, 6.45) is 10.8. The van der Waals surface area contributed by atoms with Crippen molar-refractivity contribution >= 4 is 33.1 Å². The lowest BCUT2D eigenvalue weighted by atomic mass is 10.1. The minimum Gasteiger partial charge on any atom is -0.292 e. The normalized spacial score (nSPS) is 11.5. The molecule has 324 valence electrons. The number of fused-ring (bicyclic) bond motifs is 3. The van der Waals surface area contributed by atoms with Gasteiger partial charge in [0, 0.05) is 87.6 Å². The third kappa shape index (κ3) is 7.07. The molecule has 12 heteroatoms. The molecule has 0 atom stereocenters. The first-order valence-electron chi connectivity index (χ1n) is 22.4. The van der Waals surface area contributed by atoms with Crippen LogP contribution in [0.3, 0.4) is 0 Å². The van der Waals surface area contributed by atoms with E-state index in [1.807, 2.05) is 146 Å². The van der Waals surface area contributed by atoms with Gasteiger partial charge in [-0.2, -0.15) is 0 Å². The Hall–Kier alpha value is -9.81. The minimum atomic E-state index is 0.508. The molecule has 0 amide bonds. The smallest absolute Gasteiger partial charge is 0.164 e. The molecule has 0 unspecified atom stereocenters. The number of para-hydroxylation sites is 6. The summed E-state index contributed by atoms with van der Waals surface area (Å²) in [5.41, 5.74) is 13.3. The second kappa shape index (κ2) is 16.6. The second-order valence-corrected chi connectivity index (χ2v) is 16.5. The van der Waals surface area contributed by atoms with Gasteiger partial charge in [0.25, 0.3) is 0 Å². The van der Waals surface area contributed by atoms with Crippen LogP contribution in [0.2, 0.25) is 0 Å². The molecule has 13 rings (SSSR count). The zero-order valence-electron chi connectivity index (χ0n) is 36.7. The summed E-state index contributed by atoms with van der Waals surface area (Å²) in [6.45, 7) is 0. The predicted octanol–water partition coefficient (Wildman–Crippen LogP) is 12.1. The summed E-state index contributed by atoms with van der Waals surface area (Å²) in [4.78, 5) is 44.4. The summed E-state index contributed by atoms with van der Waals surface area (Å²) in [5, 5.41) is 0. The van der Waals surface area contributed by atoms with Crippen LogP contribution >= 0.6 is 0 Å². The largest absolute Gasteiger partial charge is 0.292 e. The highest BCUT2D eigenvalue weighted by Gasteiger charge is 2.21. The number of rotatable bonds is 9. The van der Waals surface area contributed by atoms with E-state index in [1.54, 1.807) is 18.6 Å². The zero-order chi connectivity index (χ0) is 45.7. The molecule has 7 aromatic heterocycles. The van der Waals surface area contributed by atoms with Crippen molar-refractivity contribution in [3.8, 4) is 85.4 Å². The van der Waals surface area contributed by atoms with Gasteiger partial charge in [-0.25, -0.2) is 29.9 Å². The summed E-state index contributed by atoms with van der Waals surface area (Å²) < 4.78 is 6.49. The molecular formula is C57H36N12. The molecule has 0 spiro atoms. The average Bonchev–Trinajstić information content (AvgIpc) is 4.14. The number of pyridine rings is 3. The van der Waals surface area contributed by atoms with Crippen LogP contribution in [0.5, 0.6) is 0 Å². The van der Waals surface area contributed by atoms with E-state index in [9.17, 15) is 0 Å². The third-order valence-corrected chi connectivity index (χ3v) is 12.2. The van der Waals surface area contributed by atoms with Crippen molar-refractivity contribution in [1.29, 1.82) is 0 Å². The van der Waals surface area contributed by atoms with Crippen LogP contribution < -0.4 is 0 Å². The first-order valence-corrected chi connectivity index (χ1v) is 22.4. The Labute approximate surface area is 394 Å². The first-order chi connectivity index (χ1) is 34.2. The average molecular weight is 889 g/mol. The van der Waals surface area contributed by atoms with Gasteiger partial charge < -0.3 is 0 Å². The topological polar surface area (TPSA) is 131 Å². The van der Waals surface area contributed by atoms with Crippen LogP contribution in [-0.2, 0) is 0 Å². The molecule has 0 bridgehead atoms. The molecule has 7 heterocycles. The SMILES string of the molecule is c1cncc(-c2nc3ccccc3n2-c2cccc(-c3nc(-c4cccc(-n5c(-c6cccnc6)nc6ccccc65)c4)nc(-c4cccc(-n5c(-c6cccnc6)nc6ccccc65)c4)n3)c2)c1. The maximum atomic E-state index is 5.28. The van der Waals surface area contributed by atoms with E-state index in [2.05, 4.69) is 83.3 Å². The Kier molecular flexibility index (Phi) is 9.49. The highest BCUT2D eigenvalue weighted by molar-refractivity contribution is 5.86. The van der Waals surface area contributed by atoms with Crippen LogP contribution in [0.4, 0.5) is 0 Å². The lowest BCUT2D eigenvalue weighted by molar-refractivity contribution is 1.06. The fourth-order valence-electron chi connectivity index (χ4n) is 9.04. The number of benzene rings is 6.